The highest BCUT2D eigenvalue weighted by Gasteiger charge is 2.24. The lowest BCUT2D eigenvalue weighted by atomic mass is 9.98. The lowest BCUT2D eigenvalue weighted by Crippen LogP contribution is -2.40. The molecule has 0 aromatic carbocycles. The number of aromatic nitrogens is 2. The molecule has 5 heteroatoms. The number of nitrogens with one attached hydrogen (secondary N) is 1. The Labute approximate surface area is 130 Å². The van der Waals surface area contributed by atoms with Gasteiger partial charge < -0.3 is 10.2 Å². The molecule has 0 saturated carbocycles. The van der Waals surface area contributed by atoms with E-state index in [-0.39, 0.29) is 0 Å². The molecule has 1 aliphatic heterocycles. The maximum atomic E-state index is 4.72. The van der Waals surface area contributed by atoms with Gasteiger partial charge in [-0.1, -0.05) is 20.3 Å². The van der Waals surface area contributed by atoms with Gasteiger partial charge in [-0.05, 0) is 48.0 Å². The van der Waals surface area contributed by atoms with E-state index in [1.54, 1.807) is 0 Å². The van der Waals surface area contributed by atoms with Gasteiger partial charge in [0.05, 0.1) is 4.47 Å². The van der Waals surface area contributed by atoms with Crippen molar-refractivity contribution in [1.82, 2.24) is 9.97 Å². The molecular formula is C15H25BrN4. The fourth-order valence-corrected chi connectivity index (χ4v) is 3.21. The first-order valence-corrected chi connectivity index (χ1v) is 8.58. The van der Waals surface area contributed by atoms with Crippen molar-refractivity contribution < 1.29 is 0 Å². The fourth-order valence-electron chi connectivity index (χ4n) is 2.79. The molecule has 112 valence electrons. The molecule has 20 heavy (non-hydrogen) atoms. The maximum Gasteiger partial charge on any atom is 0.224 e. The first kappa shape index (κ1) is 15.5. The van der Waals surface area contributed by atoms with Gasteiger partial charge in [0.25, 0.3) is 0 Å². The summed E-state index contributed by atoms with van der Waals surface area (Å²) in [6.45, 7) is 6.43. The van der Waals surface area contributed by atoms with E-state index in [4.69, 9.17) is 4.98 Å². The van der Waals surface area contributed by atoms with Crippen molar-refractivity contribution in [3.05, 3.63) is 10.7 Å². The van der Waals surface area contributed by atoms with Crippen LogP contribution in [-0.2, 0) is 0 Å². The second kappa shape index (κ2) is 7.81. The number of hydrogen-bond donors (Lipinski definition) is 1. The summed E-state index contributed by atoms with van der Waals surface area (Å²) in [5.41, 5.74) is 0. The third-order valence-corrected chi connectivity index (χ3v) is 4.34. The summed E-state index contributed by atoms with van der Waals surface area (Å²) < 4.78 is 1.00. The van der Waals surface area contributed by atoms with Crippen LogP contribution in [0, 0.1) is 0 Å². The molecule has 2 heterocycles. The third kappa shape index (κ3) is 3.84. The molecule has 1 saturated heterocycles. The summed E-state index contributed by atoms with van der Waals surface area (Å²) in [6, 6.07) is 0.624. The number of piperidine rings is 1. The van der Waals surface area contributed by atoms with E-state index in [0.717, 1.165) is 35.7 Å². The Bertz CT molecular complexity index is 422. The van der Waals surface area contributed by atoms with Crippen molar-refractivity contribution in [1.29, 1.82) is 0 Å². The summed E-state index contributed by atoms with van der Waals surface area (Å²) in [6.07, 6.45) is 9.30. The van der Waals surface area contributed by atoms with Gasteiger partial charge in [-0.25, -0.2) is 4.98 Å². The molecule has 4 nitrogen and oxygen atoms in total. The Morgan fingerprint density at radius 1 is 1.35 bits per heavy atom. The smallest absolute Gasteiger partial charge is 0.224 e. The van der Waals surface area contributed by atoms with Gasteiger partial charge in [-0.3, -0.25) is 0 Å². The van der Waals surface area contributed by atoms with Crippen molar-refractivity contribution in [2.45, 2.75) is 58.4 Å². The summed E-state index contributed by atoms with van der Waals surface area (Å²) in [4.78, 5) is 11.5. The van der Waals surface area contributed by atoms with Crippen molar-refractivity contribution in [3.63, 3.8) is 0 Å². The molecule has 1 N–H and O–H groups in total. The minimum atomic E-state index is 0.624. The van der Waals surface area contributed by atoms with E-state index in [9.17, 15) is 0 Å². The lowest BCUT2D eigenvalue weighted by molar-refractivity contribution is 0.431. The van der Waals surface area contributed by atoms with E-state index >= 15 is 0 Å². The zero-order chi connectivity index (χ0) is 14.4. The van der Waals surface area contributed by atoms with Gasteiger partial charge in [-0.15, -0.1) is 0 Å². The Morgan fingerprint density at radius 2 is 2.20 bits per heavy atom. The zero-order valence-electron chi connectivity index (χ0n) is 12.5. The molecule has 0 spiro atoms. The SMILES string of the molecule is CCCNc1ncc(Br)c(N2CCCCC2CCC)n1. The first-order chi connectivity index (χ1) is 9.76. The fraction of sp³-hybridized carbons (Fsp3) is 0.733. The van der Waals surface area contributed by atoms with Gasteiger partial charge in [0, 0.05) is 25.3 Å². The second-order valence-electron chi connectivity index (χ2n) is 5.42. The second-order valence-corrected chi connectivity index (χ2v) is 6.28. The number of rotatable bonds is 6. The van der Waals surface area contributed by atoms with Gasteiger partial charge >= 0.3 is 0 Å². The van der Waals surface area contributed by atoms with Crippen LogP contribution in [0.25, 0.3) is 0 Å². The van der Waals surface area contributed by atoms with Crippen molar-refractivity contribution >= 4 is 27.7 Å². The molecule has 0 bridgehead atoms. The average molecular weight is 341 g/mol. The Balaban J connectivity index is 2.19. The minimum Gasteiger partial charge on any atom is -0.354 e. The van der Waals surface area contributed by atoms with Crippen molar-refractivity contribution in [3.8, 4) is 0 Å². The molecule has 2 rings (SSSR count). The Morgan fingerprint density at radius 3 is 2.95 bits per heavy atom. The van der Waals surface area contributed by atoms with Crippen LogP contribution in [0.5, 0.6) is 0 Å². The predicted octanol–water partition coefficient (Wildman–Crippen LogP) is 4.22. The van der Waals surface area contributed by atoms with Crippen LogP contribution in [-0.4, -0.2) is 29.1 Å². The van der Waals surface area contributed by atoms with Crippen LogP contribution in [0.2, 0.25) is 0 Å². The molecule has 1 atom stereocenters. The topological polar surface area (TPSA) is 41.1 Å². The first-order valence-electron chi connectivity index (χ1n) is 7.79. The van der Waals surface area contributed by atoms with Crippen LogP contribution < -0.4 is 10.2 Å². The molecule has 1 aromatic heterocycles. The van der Waals surface area contributed by atoms with E-state index in [1.807, 2.05) is 6.20 Å². The number of halogens is 1. The number of anilines is 2. The minimum absolute atomic E-state index is 0.624. The zero-order valence-corrected chi connectivity index (χ0v) is 14.1. The normalized spacial score (nSPS) is 19.1. The average Bonchev–Trinajstić information content (AvgIpc) is 2.47. The molecule has 0 amide bonds. The summed E-state index contributed by atoms with van der Waals surface area (Å²) in [5.74, 6) is 1.79. The van der Waals surface area contributed by atoms with E-state index in [0.29, 0.717) is 6.04 Å². The standard InChI is InChI=1S/C15H25BrN4/c1-3-7-12-8-5-6-10-20(12)14-13(16)11-18-15(19-14)17-9-4-2/h11-12H,3-10H2,1-2H3,(H,17,18,19). The van der Waals surface area contributed by atoms with Gasteiger partial charge in [-0.2, -0.15) is 4.98 Å². The Kier molecular flexibility index (Phi) is 6.07. The van der Waals surface area contributed by atoms with Crippen LogP contribution in [0.15, 0.2) is 10.7 Å². The van der Waals surface area contributed by atoms with Crippen molar-refractivity contribution in [2.24, 2.45) is 0 Å². The van der Waals surface area contributed by atoms with E-state index in [2.05, 4.69) is 45.0 Å². The lowest BCUT2D eigenvalue weighted by Gasteiger charge is -2.37. The highest BCUT2D eigenvalue weighted by atomic mass is 79.9. The molecule has 1 aliphatic rings. The van der Waals surface area contributed by atoms with E-state index < -0.39 is 0 Å². The predicted molar refractivity (Wildman–Crippen MR) is 88.4 cm³/mol. The van der Waals surface area contributed by atoms with Crippen LogP contribution in [0.3, 0.4) is 0 Å². The van der Waals surface area contributed by atoms with Gasteiger partial charge in [0.2, 0.25) is 5.95 Å². The summed E-state index contributed by atoms with van der Waals surface area (Å²) >= 11 is 3.62. The highest BCUT2D eigenvalue weighted by Crippen LogP contribution is 2.31. The highest BCUT2D eigenvalue weighted by molar-refractivity contribution is 9.10. The molecule has 1 unspecified atom stereocenters. The van der Waals surface area contributed by atoms with Crippen LogP contribution in [0.1, 0.15) is 52.4 Å². The van der Waals surface area contributed by atoms with Gasteiger partial charge in [0.15, 0.2) is 0 Å². The largest absolute Gasteiger partial charge is 0.354 e. The number of hydrogen-bond acceptors (Lipinski definition) is 4. The summed E-state index contributed by atoms with van der Waals surface area (Å²) in [7, 11) is 0. The molecule has 0 aliphatic carbocycles. The monoisotopic (exact) mass is 340 g/mol. The molecule has 0 radical (unpaired) electrons. The molecule has 1 fully saturated rings. The van der Waals surface area contributed by atoms with Crippen LogP contribution >= 0.6 is 15.9 Å². The number of nitrogens with zero attached hydrogens (tertiary/aromatic N) is 3. The maximum absolute atomic E-state index is 4.72. The molecule has 1 aromatic rings. The van der Waals surface area contributed by atoms with E-state index in [1.165, 1.54) is 32.1 Å². The third-order valence-electron chi connectivity index (χ3n) is 3.78. The molecular weight excluding hydrogens is 316 g/mol. The van der Waals surface area contributed by atoms with Crippen molar-refractivity contribution in [2.75, 3.05) is 23.3 Å². The summed E-state index contributed by atoms with van der Waals surface area (Å²) in [5, 5.41) is 3.28. The van der Waals surface area contributed by atoms with Gasteiger partial charge in [0.1, 0.15) is 5.82 Å². The Hall–Kier alpha value is -0.840. The quantitative estimate of drug-likeness (QED) is 0.841. The van der Waals surface area contributed by atoms with Crippen LogP contribution in [0.4, 0.5) is 11.8 Å².